The van der Waals surface area contributed by atoms with Crippen LogP contribution >= 0.6 is 0 Å². The number of anilines is 1. The van der Waals surface area contributed by atoms with Gasteiger partial charge in [0, 0.05) is 24.6 Å². The number of amides is 1. The van der Waals surface area contributed by atoms with Gasteiger partial charge in [-0.3, -0.25) is 9.48 Å². The van der Waals surface area contributed by atoms with Crippen molar-refractivity contribution in [3.63, 3.8) is 0 Å². The predicted molar refractivity (Wildman–Crippen MR) is 77.6 cm³/mol. The Morgan fingerprint density at radius 3 is 2.74 bits per heavy atom. The third kappa shape index (κ3) is 3.35. The molecule has 1 fully saturated rings. The summed E-state index contributed by atoms with van der Waals surface area (Å²) in [5.74, 6) is -0.454. The summed E-state index contributed by atoms with van der Waals surface area (Å²) in [5.41, 5.74) is 4.67. The molecule has 0 spiro atoms. The first-order valence-electron chi connectivity index (χ1n) is 7.31. The zero-order valence-corrected chi connectivity index (χ0v) is 13.3. The maximum absolute atomic E-state index is 12.4. The number of nitrogens with zero attached hydrogens (tertiary/aromatic N) is 2. The van der Waals surface area contributed by atoms with Crippen molar-refractivity contribution < 1.29 is 22.7 Å². The molecule has 1 aromatic heterocycles. The maximum atomic E-state index is 12.4. The molecule has 2 unspecified atom stereocenters. The number of ether oxygens (including phenoxy) is 1. The van der Waals surface area contributed by atoms with E-state index in [0.717, 1.165) is 6.20 Å². The summed E-state index contributed by atoms with van der Waals surface area (Å²) in [7, 11) is 0. The van der Waals surface area contributed by atoms with E-state index in [1.807, 2.05) is 20.8 Å². The van der Waals surface area contributed by atoms with Gasteiger partial charge in [0.15, 0.2) is 0 Å². The molecular formula is C14H21F3N4O2. The van der Waals surface area contributed by atoms with Gasteiger partial charge in [-0.25, -0.2) is 0 Å². The van der Waals surface area contributed by atoms with Crippen LogP contribution in [0.3, 0.4) is 0 Å². The van der Waals surface area contributed by atoms with E-state index >= 15 is 0 Å². The zero-order chi connectivity index (χ0) is 17.5. The summed E-state index contributed by atoms with van der Waals surface area (Å²) in [5, 5.41) is 6.12. The number of nitrogens with two attached hydrogens (primary N) is 1. The lowest BCUT2D eigenvalue weighted by Gasteiger charge is -2.57. The number of nitrogens with one attached hydrogen (secondary N) is 1. The lowest BCUT2D eigenvalue weighted by Crippen LogP contribution is -2.74. The summed E-state index contributed by atoms with van der Waals surface area (Å²) in [6.45, 7) is 4.85. The molecule has 0 bridgehead atoms. The van der Waals surface area contributed by atoms with E-state index < -0.39 is 29.6 Å². The van der Waals surface area contributed by atoms with Crippen LogP contribution in [0.25, 0.3) is 0 Å². The number of aromatic nitrogens is 2. The highest BCUT2D eigenvalue weighted by atomic mass is 19.4. The fraction of sp³-hybridized carbons (Fsp3) is 0.714. The van der Waals surface area contributed by atoms with Gasteiger partial charge in [-0.05, 0) is 6.92 Å². The van der Waals surface area contributed by atoms with E-state index in [4.69, 9.17) is 10.5 Å². The minimum Gasteiger partial charge on any atom is -0.378 e. The van der Waals surface area contributed by atoms with E-state index in [1.54, 1.807) is 0 Å². The van der Waals surface area contributed by atoms with Crippen molar-refractivity contribution >= 4 is 11.6 Å². The quantitative estimate of drug-likeness (QED) is 0.862. The summed E-state index contributed by atoms with van der Waals surface area (Å²) >= 11 is 0. The van der Waals surface area contributed by atoms with Crippen LogP contribution in [-0.4, -0.2) is 40.1 Å². The van der Waals surface area contributed by atoms with Gasteiger partial charge >= 0.3 is 6.18 Å². The van der Waals surface area contributed by atoms with Gasteiger partial charge in [0.2, 0.25) is 5.91 Å². The van der Waals surface area contributed by atoms with Crippen molar-refractivity contribution in [2.45, 2.75) is 51.6 Å². The first-order chi connectivity index (χ1) is 10.5. The molecule has 3 N–H and O–H groups in total. The van der Waals surface area contributed by atoms with Crippen molar-refractivity contribution in [2.75, 3.05) is 11.9 Å². The Kier molecular flexibility index (Phi) is 4.46. The van der Waals surface area contributed by atoms with Gasteiger partial charge in [0.1, 0.15) is 12.1 Å². The molecule has 0 saturated heterocycles. The summed E-state index contributed by atoms with van der Waals surface area (Å²) < 4.78 is 43.2. The Morgan fingerprint density at radius 2 is 2.22 bits per heavy atom. The van der Waals surface area contributed by atoms with Crippen LogP contribution in [0.1, 0.15) is 27.2 Å². The van der Waals surface area contributed by atoms with E-state index in [9.17, 15) is 18.0 Å². The summed E-state index contributed by atoms with van der Waals surface area (Å²) in [6, 6.07) is 0. The molecule has 1 heterocycles. The molecule has 1 amide bonds. The van der Waals surface area contributed by atoms with E-state index in [0.29, 0.717) is 17.7 Å². The second-order valence-electron chi connectivity index (χ2n) is 6.34. The van der Waals surface area contributed by atoms with Crippen LogP contribution < -0.4 is 11.1 Å². The van der Waals surface area contributed by atoms with Crippen molar-refractivity contribution in [3.8, 4) is 0 Å². The second-order valence-corrected chi connectivity index (χ2v) is 6.34. The van der Waals surface area contributed by atoms with Crippen LogP contribution in [-0.2, 0) is 16.1 Å². The molecule has 0 aliphatic heterocycles. The monoisotopic (exact) mass is 334 g/mol. The van der Waals surface area contributed by atoms with Gasteiger partial charge < -0.3 is 15.8 Å². The lowest BCUT2D eigenvalue weighted by molar-refractivity contribution is -0.166. The summed E-state index contributed by atoms with van der Waals surface area (Å²) in [4.78, 5) is 12.4. The van der Waals surface area contributed by atoms with E-state index in [2.05, 4.69) is 10.4 Å². The SMILES string of the molecule is CCOC1CC(N)(C(=O)Nc2cnn(CC(F)(F)F)c2)C1(C)C. The van der Waals surface area contributed by atoms with Gasteiger partial charge in [-0.1, -0.05) is 13.8 Å². The topological polar surface area (TPSA) is 82.2 Å². The van der Waals surface area contributed by atoms with E-state index in [-0.39, 0.29) is 11.8 Å². The molecule has 6 nitrogen and oxygen atoms in total. The number of hydrogen-bond acceptors (Lipinski definition) is 4. The van der Waals surface area contributed by atoms with Crippen LogP contribution in [0.15, 0.2) is 12.4 Å². The van der Waals surface area contributed by atoms with Gasteiger partial charge in [-0.15, -0.1) is 0 Å². The molecule has 23 heavy (non-hydrogen) atoms. The predicted octanol–water partition coefficient (Wildman–Crippen LogP) is 1.92. The van der Waals surface area contributed by atoms with Gasteiger partial charge in [0.05, 0.1) is 18.0 Å². The average molecular weight is 334 g/mol. The number of carbonyl (C=O) groups excluding carboxylic acids is 1. The second kappa shape index (κ2) is 5.79. The number of carbonyl (C=O) groups is 1. The first-order valence-corrected chi connectivity index (χ1v) is 7.31. The molecule has 0 aromatic carbocycles. The fourth-order valence-corrected chi connectivity index (χ4v) is 2.76. The Morgan fingerprint density at radius 1 is 1.57 bits per heavy atom. The largest absolute Gasteiger partial charge is 0.408 e. The highest BCUT2D eigenvalue weighted by Crippen LogP contribution is 2.50. The molecule has 2 rings (SSSR count). The number of rotatable bonds is 5. The van der Waals surface area contributed by atoms with Crippen molar-refractivity contribution in [2.24, 2.45) is 11.1 Å². The molecule has 0 radical (unpaired) electrons. The number of halogens is 3. The molecule has 1 aliphatic rings. The maximum Gasteiger partial charge on any atom is 0.408 e. The molecule has 1 saturated carbocycles. The summed E-state index contributed by atoms with van der Waals surface area (Å²) in [6.07, 6.45) is -1.85. The third-order valence-corrected chi connectivity index (χ3v) is 4.47. The average Bonchev–Trinajstić information content (AvgIpc) is 2.83. The van der Waals surface area contributed by atoms with Crippen molar-refractivity contribution in [1.29, 1.82) is 0 Å². The smallest absolute Gasteiger partial charge is 0.378 e. The van der Waals surface area contributed by atoms with Gasteiger partial charge in [0.25, 0.3) is 0 Å². The third-order valence-electron chi connectivity index (χ3n) is 4.47. The number of alkyl halides is 3. The Hall–Kier alpha value is -1.61. The van der Waals surface area contributed by atoms with Crippen LogP contribution in [0.5, 0.6) is 0 Å². The van der Waals surface area contributed by atoms with Crippen molar-refractivity contribution in [1.82, 2.24) is 9.78 Å². The van der Waals surface area contributed by atoms with Crippen LogP contribution in [0, 0.1) is 5.41 Å². The minimum atomic E-state index is -4.37. The number of hydrogen-bond donors (Lipinski definition) is 2. The molecular weight excluding hydrogens is 313 g/mol. The standard InChI is InChI=1S/C14H21F3N4O2/c1-4-23-10-5-13(18,12(10,2)3)11(22)20-9-6-19-21(7-9)8-14(15,16)17/h6-7,10H,4-5,8,18H2,1-3H3,(H,20,22). The molecule has 1 aliphatic carbocycles. The van der Waals surface area contributed by atoms with Crippen LogP contribution in [0.2, 0.25) is 0 Å². The molecule has 130 valence electrons. The van der Waals surface area contributed by atoms with Crippen LogP contribution in [0.4, 0.5) is 18.9 Å². The molecule has 9 heteroatoms. The van der Waals surface area contributed by atoms with Gasteiger partial charge in [-0.2, -0.15) is 18.3 Å². The van der Waals surface area contributed by atoms with Crippen molar-refractivity contribution in [3.05, 3.63) is 12.4 Å². The highest BCUT2D eigenvalue weighted by Gasteiger charge is 2.62. The normalized spacial score (nSPS) is 26.7. The minimum absolute atomic E-state index is 0.129. The Labute approximate surface area is 132 Å². The molecule has 2 atom stereocenters. The van der Waals surface area contributed by atoms with E-state index in [1.165, 1.54) is 6.20 Å². The molecule has 1 aromatic rings. The Bertz CT molecular complexity index is 585. The zero-order valence-electron chi connectivity index (χ0n) is 13.3. The highest BCUT2D eigenvalue weighted by molar-refractivity contribution is 5.99. The lowest BCUT2D eigenvalue weighted by atomic mass is 9.54. The first kappa shape index (κ1) is 17.7. The fourth-order valence-electron chi connectivity index (χ4n) is 2.76. The Balaban J connectivity index is 2.03.